The number of hydrogen-bond acceptors (Lipinski definition) is 2. The van der Waals surface area contributed by atoms with Gasteiger partial charge >= 0.3 is 0 Å². The Morgan fingerprint density at radius 2 is 2.33 bits per heavy atom. The SMILES string of the molecule is [OH2+]N=NCCCl. The number of rotatable bonds is 2. The van der Waals surface area contributed by atoms with Crippen LogP contribution in [-0.4, -0.2) is 17.6 Å². The fourth-order valence-corrected chi connectivity index (χ4v) is 0.163. The van der Waals surface area contributed by atoms with Crippen LogP contribution in [0.15, 0.2) is 10.4 Å². The van der Waals surface area contributed by atoms with Crippen molar-refractivity contribution in [1.82, 2.24) is 0 Å². The molecule has 0 aliphatic heterocycles. The van der Waals surface area contributed by atoms with Gasteiger partial charge in [0.2, 0.25) is 0 Å². The summed E-state index contributed by atoms with van der Waals surface area (Å²) in [5.74, 6) is 0.447. The number of nitrogens with zero attached hydrogens (tertiary/aromatic N) is 2. The topological polar surface area (TPSA) is 47.6 Å². The summed E-state index contributed by atoms with van der Waals surface area (Å²) in [5.41, 5.74) is 0. The molecule has 0 radical (unpaired) electrons. The molecule has 0 saturated carbocycles. The van der Waals surface area contributed by atoms with E-state index in [1.54, 1.807) is 0 Å². The molecule has 0 aliphatic carbocycles. The predicted octanol–water partition coefficient (Wildman–Crippen LogP) is 0.317. The Morgan fingerprint density at radius 1 is 1.67 bits per heavy atom. The van der Waals surface area contributed by atoms with Gasteiger partial charge in [-0.05, 0) is 0 Å². The third kappa shape index (κ3) is 3.69. The minimum Gasteiger partial charge on any atom is -0.453 e. The van der Waals surface area contributed by atoms with Crippen LogP contribution in [0.1, 0.15) is 0 Å². The zero-order chi connectivity index (χ0) is 4.83. The van der Waals surface area contributed by atoms with Crippen molar-refractivity contribution in [2.45, 2.75) is 0 Å². The van der Waals surface area contributed by atoms with Gasteiger partial charge in [0, 0.05) is 5.88 Å². The molecule has 2 N–H and O–H groups in total. The minimum atomic E-state index is 0.447. The largest absolute Gasteiger partial charge is 0.453 e. The molecule has 6 heavy (non-hydrogen) atoms. The Kier molecular flexibility index (Phi) is 4.45. The highest BCUT2D eigenvalue weighted by Crippen LogP contribution is 1.74. The summed E-state index contributed by atoms with van der Waals surface area (Å²) in [6.07, 6.45) is 0. The third-order valence-electron chi connectivity index (χ3n) is 0.255. The van der Waals surface area contributed by atoms with Crippen molar-refractivity contribution in [2.75, 3.05) is 12.4 Å². The zero-order valence-electron chi connectivity index (χ0n) is 3.19. The molecule has 0 aliphatic rings. The Bertz CT molecular complexity index is 46.8. The van der Waals surface area contributed by atoms with Crippen LogP contribution in [0.25, 0.3) is 0 Å². The second-order valence-electron chi connectivity index (χ2n) is 0.654. The van der Waals surface area contributed by atoms with E-state index < -0.39 is 0 Å². The maximum absolute atomic E-state index is 6.11. The second kappa shape index (κ2) is 4.69. The standard InChI is InChI=1S/C2H5ClN2O/c3-1-2-4-5-6/h1-2H2,(H,4,6)/p+1. The van der Waals surface area contributed by atoms with E-state index >= 15 is 0 Å². The average molecular weight is 110 g/mol. The van der Waals surface area contributed by atoms with Gasteiger partial charge in [0.25, 0.3) is 0 Å². The van der Waals surface area contributed by atoms with Crippen LogP contribution >= 0.6 is 11.6 Å². The van der Waals surface area contributed by atoms with Gasteiger partial charge in [-0.15, -0.1) is 16.7 Å². The van der Waals surface area contributed by atoms with Gasteiger partial charge in [0.15, 0.2) is 5.28 Å². The summed E-state index contributed by atoms with van der Waals surface area (Å²) < 4.78 is 0. The summed E-state index contributed by atoms with van der Waals surface area (Å²) in [7, 11) is 0. The summed E-state index contributed by atoms with van der Waals surface area (Å²) in [6.45, 7) is 0.449. The first-order valence-corrected chi connectivity index (χ1v) is 2.04. The van der Waals surface area contributed by atoms with Gasteiger partial charge < -0.3 is 5.21 Å². The molecule has 0 amide bonds. The molecule has 0 spiro atoms. The smallest absolute Gasteiger partial charge is 0.175 e. The van der Waals surface area contributed by atoms with Crippen molar-refractivity contribution in [2.24, 2.45) is 10.4 Å². The van der Waals surface area contributed by atoms with E-state index in [2.05, 4.69) is 10.4 Å². The van der Waals surface area contributed by atoms with Crippen molar-refractivity contribution < 1.29 is 5.21 Å². The van der Waals surface area contributed by atoms with Gasteiger partial charge in [0.05, 0.1) is 6.54 Å². The fraction of sp³-hybridized carbons (Fsp3) is 1.00. The number of halogens is 1. The molecule has 36 valence electrons. The molecule has 0 aromatic rings. The summed E-state index contributed by atoms with van der Waals surface area (Å²) in [6, 6.07) is 0. The maximum Gasteiger partial charge on any atom is 0.175 e. The van der Waals surface area contributed by atoms with E-state index in [-0.39, 0.29) is 0 Å². The molecule has 3 nitrogen and oxygen atoms in total. The molecule has 0 aromatic heterocycles. The van der Waals surface area contributed by atoms with Crippen LogP contribution in [-0.2, 0) is 0 Å². The van der Waals surface area contributed by atoms with E-state index in [1.807, 2.05) is 0 Å². The fourth-order valence-electron chi connectivity index (χ4n) is 0.0878. The molecule has 0 saturated heterocycles. The molecule has 0 rings (SSSR count). The summed E-state index contributed by atoms with van der Waals surface area (Å²) >= 11 is 5.14. The zero-order valence-corrected chi connectivity index (χ0v) is 3.94. The van der Waals surface area contributed by atoms with Gasteiger partial charge in [-0.25, -0.2) is 0 Å². The highest BCUT2D eigenvalue weighted by atomic mass is 35.5. The maximum atomic E-state index is 6.11. The molecule has 0 fully saturated rings. The van der Waals surface area contributed by atoms with Crippen LogP contribution in [0.2, 0.25) is 0 Å². The van der Waals surface area contributed by atoms with E-state index in [0.29, 0.717) is 12.4 Å². The first-order chi connectivity index (χ1) is 2.91. The molecule has 0 aromatic carbocycles. The summed E-state index contributed by atoms with van der Waals surface area (Å²) in [4.78, 5) is 0. The number of hydrogen-bond donors (Lipinski definition) is 0. The predicted molar refractivity (Wildman–Crippen MR) is 24.1 cm³/mol. The van der Waals surface area contributed by atoms with E-state index in [1.165, 1.54) is 0 Å². The highest BCUT2D eigenvalue weighted by Gasteiger charge is 1.71. The van der Waals surface area contributed by atoms with Crippen LogP contribution in [0.3, 0.4) is 0 Å². The van der Waals surface area contributed by atoms with Crippen molar-refractivity contribution in [3.8, 4) is 0 Å². The molecule has 4 heteroatoms. The van der Waals surface area contributed by atoms with Crippen LogP contribution in [0.4, 0.5) is 0 Å². The molecule has 0 heterocycles. The molecular formula is C2H6ClN2O+. The minimum absolute atomic E-state index is 0.447. The van der Waals surface area contributed by atoms with Crippen molar-refractivity contribution in [3.05, 3.63) is 0 Å². The Hall–Kier alpha value is -0.310. The Morgan fingerprint density at radius 3 is 2.50 bits per heavy atom. The van der Waals surface area contributed by atoms with E-state index in [4.69, 9.17) is 16.8 Å². The highest BCUT2D eigenvalue weighted by molar-refractivity contribution is 6.18. The van der Waals surface area contributed by atoms with Crippen LogP contribution in [0.5, 0.6) is 0 Å². The van der Waals surface area contributed by atoms with Crippen molar-refractivity contribution in [1.29, 1.82) is 0 Å². The lowest BCUT2D eigenvalue weighted by molar-refractivity contribution is 0.282. The molecular weight excluding hydrogens is 103 g/mol. The van der Waals surface area contributed by atoms with Gasteiger partial charge in [-0.3, -0.25) is 0 Å². The van der Waals surface area contributed by atoms with Gasteiger partial charge in [-0.1, -0.05) is 0 Å². The lowest BCUT2D eigenvalue weighted by Crippen LogP contribution is -1.74. The third-order valence-corrected chi connectivity index (χ3v) is 0.424. The first-order valence-electron chi connectivity index (χ1n) is 1.51. The Labute approximate surface area is 40.6 Å². The van der Waals surface area contributed by atoms with E-state index in [0.717, 1.165) is 0 Å². The molecule has 0 unspecified atom stereocenters. The summed E-state index contributed by atoms with van der Waals surface area (Å²) in [5, 5.41) is 12.1. The van der Waals surface area contributed by atoms with Crippen molar-refractivity contribution in [3.63, 3.8) is 0 Å². The lowest BCUT2D eigenvalue weighted by atomic mass is 10.8. The van der Waals surface area contributed by atoms with Crippen molar-refractivity contribution >= 4 is 11.6 Å². The average Bonchev–Trinajstić information content (AvgIpc) is 1.61. The monoisotopic (exact) mass is 109 g/mol. The number of alkyl halides is 1. The van der Waals surface area contributed by atoms with Crippen LogP contribution in [0, 0.1) is 0 Å². The first kappa shape index (κ1) is 5.69. The van der Waals surface area contributed by atoms with Gasteiger partial charge in [0.1, 0.15) is 0 Å². The normalized spacial score (nSPS) is 10.2. The lowest BCUT2D eigenvalue weighted by Gasteiger charge is -1.70. The van der Waals surface area contributed by atoms with Crippen LogP contribution < -0.4 is 0 Å². The quantitative estimate of drug-likeness (QED) is 0.212. The van der Waals surface area contributed by atoms with E-state index in [9.17, 15) is 0 Å². The molecule has 0 atom stereocenters. The van der Waals surface area contributed by atoms with Gasteiger partial charge in [-0.2, -0.15) is 0 Å². The Balaban J connectivity index is 2.66. The molecule has 0 bridgehead atoms. The second-order valence-corrected chi connectivity index (χ2v) is 1.03.